The molecule has 4 atom stereocenters. The van der Waals surface area contributed by atoms with Gasteiger partial charge in [0.2, 0.25) is 11.8 Å². The van der Waals surface area contributed by atoms with Crippen molar-refractivity contribution in [2.24, 2.45) is 17.2 Å². The summed E-state index contributed by atoms with van der Waals surface area (Å²) in [5, 5.41) is 3.34. The minimum absolute atomic E-state index is 0.0465. The quantitative estimate of drug-likeness (QED) is 0.277. The summed E-state index contributed by atoms with van der Waals surface area (Å²) in [6.07, 6.45) is 3.70. The van der Waals surface area contributed by atoms with Gasteiger partial charge in [-0.05, 0) is 89.1 Å². The normalized spacial score (nSPS) is 18.8. The number of aryl methyl sites for hydroxylation is 4. The van der Waals surface area contributed by atoms with Crippen LogP contribution in [0.25, 0.3) is 0 Å². The summed E-state index contributed by atoms with van der Waals surface area (Å²) in [5.41, 5.74) is 25.5. The van der Waals surface area contributed by atoms with Crippen molar-refractivity contribution >= 4 is 11.8 Å². The number of hydrogen-bond acceptors (Lipinski definition) is 6. The van der Waals surface area contributed by atoms with Crippen LogP contribution < -0.4 is 22.5 Å². The maximum Gasteiger partial charge on any atom is 0.240 e. The van der Waals surface area contributed by atoms with Gasteiger partial charge in [-0.25, -0.2) is 0 Å². The lowest BCUT2D eigenvalue weighted by Crippen LogP contribution is -2.64. The summed E-state index contributed by atoms with van der Waals surface area (Å²) in [6, 6.07) is 11.0. The Balaban J connectivity index is 1.72. The molecule has 8 nitrogen and oxygen atoms in total. The average Bonchev–Trinajstić information content (AvgIpc) is 2.93. The van der Waals surface area contributed by atoms with Crippen LogP contribution in [0.2, 0.25) is 0 Å². The monoisotopic (exact) mass is 564 g/mol. The standard InChI is InChI=1S/C33H52N6O2/c1-22-9-11-27(24(3)16-22)18-30(35)32(40)38-21-29(8-6-7-14-37-15-13-34)39(20-26(38)5)33(41)31(36)19-28-12-10-23(2)17-25(28)4/h9-12,16-17,26,29-31,37H,6-8,13-15,18-21,34-36H2,1-5H3/t26-,29+,30?,31?/m1/s1. The van der Waals surface area contributed by atoms with Gasteiger partial charge >= 0.3 is 0 Å². The van der Waals surface area contributed by atoms with Crippen molar-refractivity contribution < 1.29 is 9.59 Å². The van der Waals surface area contributed by atoms with Crippen LogP contribution >= 0.6 is 0 Å². The van der Waals surface area contributed by atoms with Gasteiger partial charge in [0.1, 0.15) is 0 Å². The molecule has 0 spiro atoms. The van der Waals surface area contributed by atoms with Gasteiger partial charge in [-0.2, -0.15) is 0 Å². The van der Waals surface area contributed by atoms with E-state index < -0.39 is 12.1 Å². The maximum atomic E-state index is 13.8. The molecule has 2 aromatic rings. The highest BCUT2D eigenvalue weighted by Crippen LogP contribution is 2.23. The first-order chi connectivity index (χ1) is 19.5. The Hall–Kier alpha value is -2.78. The topological polar surface area (TPSA) is 131 Å². The largest absolute Gasteiger partial charge is 0.335 e. The molecule has 8 heteroatoms. The van der Waals surface area contributed by atoms with Gasteiger partial charge in [0, 0.05) is 38.3 Å². The first-order valence-corrected chi connectivity index (χ1v) is 15.2. The number of unbranched alkanes of at least 4 members (excludes halogenated alkanes) is 1. The van der Waals surface area contributed by atoms with E-state index >= 15 is 0 Å². The molecule has 0 bridgehead atoms. The minimum atomic E-state index is -0.633. The van der Waals surface area contributed by atoms with Crippen molar-refractivity contribution in [3.63, 3.8) is 0 Å². The Morgan fingerprint density at radius 2 is 1.37 bits per heavy atom. The Labute approximate surface area is 247 Å². The van der Waals surface area contributed by atoms with Crippen molar-refractivity contribution in [1.82, 2.24) is 15.1 Å². The number of carbonyl (C=O) groups excluding carboxylic acids is 2. The van der Waals surface area contributed by atoms with E-state index in [1.807, 2.05) is 16.7 Å². The van der Waals surface area contributed by atoms with Crippen LogP contribution in [-0.4, -0.2) is 78.5 Å². The second-order valence-electron chi connectivity index (χ2n) is 12.0. The Morgan fingerprint density at radius 3 is 1.88 bits per heavy atom. The van der Waals surface area contributed by atoms with Crippen LogP contribution in [0.15, 0.2) is 36.4 Å². The summed E-state index contributed by atoms with van der Waals surface area (Å²) < 4.78 is 0. The molecule has 41 heavy (non-hydrogen) atoms. The third-order valence-corrected chi connectivity index (χ3v) is 8.38. The van der Waals surface area contributed by atoms with Gasteiger partial charge in [0.15, 0.2) is 0 Å². The molecule has 7 N–H and O–H groups in total. The zero-order valence-corrected chi connectivity index (χ0v) is 25.8. The highest BCUT2D eigenvalue weighted by Gasteiger charge is 2.39. The molecule has 2 aromatic carbocycles. The van der Waals surface area contributed by atoms with Crippen LogP contribution in [0.4, 0.5) is 0 Å². The third-order valence-electron chi connectivity index (χ3n) is 8.38. The molecule has 3 rings (SSSR count). The molecule has 0 aromatic heterocycles. The average molecular weight is 565 g/mol. The van der Waals surface area contributed by atoms with Crippen molar-refractivity contribution in [3.05, 3.63) is 69.8 Å². The molecule has 0 saturated carbocycles. The molecule has 1 heterocycles. The van der Waals surface area contributed by atoms with Crippen molar-refractivity contribution in [2.45, 2.75) is 90.9 Å². The zero-order valence-electron chi connectivity index (χ0n) is 25.8. The number of amides is 2. The molecular formula is C33H52N6O2. The summed E-state index contributed by atoms with van der Waals surface area (Å²) in [4.78, 5) is 31.3. The first kappa shape index (κ1) is 32.7. The molecular weight excluding hydrogens is 512 g/mol. The predicted molar refractivity (Wildman–Crippen MR) is 168 cm³/mol. The third kappa shape index (κ3) is 9.10. The smallest absolute Gasteiger partial charge is 0.240 e. The number of nitrogens with two attached hydrogens (primary N) is 3. The van der Waals surface area contributed by atoms with Crippen LogP contribution in [0.1, 0.15) is 59.6 Å². The molecule has 1 aliphatic heterocycles. The van der Waals surface area contributed by atoms with Crippen LogP contribution in [0, 0.1) is 27.7 Å². The van der Waals surface area contributed by atoms with Gasteiger partial charge in [-0.3, -0.25) is 9.59 Å². The second-order valence-corrected chi connectivity index (χ2v) is 12.0. The first-order valence-electron chi connectivity index (χ1n) is 15.2. The van der Waals surface area contributed by atoms with Crippen molar-refractivity contribution in [3.8, 4) is 0 Å². The Morgan fingerprint density at radius 1 is 0.829 bits per heavy atom. The van der Waals surface area contributed by atoms with E-state index in [4.69, 9.17) is 17.2 Å². The lowest BCUT2D eigenvalue weighted by molar-refractivity contribution is -0.148. The van der Waals surface area contributed by atoms with E-state index in [-0.39, 0.29) is 23.9 Å². The van der Waals surface area contributed by atoms with Gasteiger partial charge < -0.3 is 32.3 Å². The van der Waals surface area contributed by atoms with Crippen molar-refractivity contribution in [1.29, 1.82) is 0 Å². The molecule has 0 aliphatic carbocycles. The SMILES string of the molecule is Cc1ccc(CC(N)C(=O)N2C[C@@H](C)N(C(=O)C(N)Cc3ccc(C)cc3C)C[C@@H]2CCCCNCCN)c(C)c1. The fourth-order valence-electron chi connectivity index (χ4n) is 5.94. The summed E-state index contributed by atoms with van der Waals surface area (Å²) in [5.74, 6) is -0.103. The maximum absolute atomic E-state index is 13.8. The number of rotatable bonds is 13. The molecule has 1 saturated heterocycles. The van der Waals surface area contributed by atoms with Gasteiger partial charge in [-0.15, -0.1) is 0 Å². The van der Waals surface area contributed by atoms with Crippen LogP contribution in [0.5, 0.6) is 0 Å². The number of nitrogens with one attached hydrogen (secondary N) is 1. The minimum Gasteiger partial charge on any atom is -0.335 e. The fourth-order valence-corrected chi connectivity index (χ4v) is 5.94. The predicted octanol–water partition coefficient (Wildman–Crippen LogP) is 2.51. The van der Waals surface area contributed by atoms with Crippen molar-refractivity contribution in [2.75, 3.05) is 32.7 Å². The second kappa shape index (κ2) is 15.4. The van der Waals surface area contributed by atoms with Gasteiger partial charge in [0.25, 0.3) is 0 Å². The number of benzene rings is 2. The summed E-state index contributed by atoms with van der Waals surface area (Å²) in [7, 11) is 0. The molecule has 226 valence electrons. The highest BCUT2D eigenvalue weighted by molar-refractivity contribution is 5.85. The number of piperazine rings is 1. The number of nitrogens with zero attached hydrogens (tertiary/aromatic N) is 2. The number of carbonyl (C=O) groups is 2. The van der Waals surface area contributed by atoms with E-state index in [0.29, 0.717) is 32.5 Å². The van der Waals surface area contributed by atoms with Gasteiger partial charge in [0.05, 0.1) is 12.1 Å². The number of hydrogen-bond donors (Lipinski definition) is 4. The zero-order chi connectivity index (χ0) is 30.1. The molecule has 0 radical (unpaired) electrons. The highest BCUT2D eigenvalue weighted by atomic mass is 16.2. The Bertz CT molecular complexity index is 1170. The van der Waals surface area contributed by atoms with E-state index in [2.05, 4.69) is 69.4 Å². The Kier molecular flexibility index (Phi) is 12.3. The van der Waals surface area contributed by atoms with E-state index in [1.165, 1.54) is 11.1 Å². The van der Waals surface area contributed by atoms with Crippen LogP contribution in [0.3, 0.4) is 0 Å². The molecule has 1 fully saturated rings. The van der Waals surface area contributed by atoms with E-state index in [9.17, 15) is 9.59 Å². The lowest BCUT2D eigenvalue weighted by atomic mass is 9.95. The molecule has 2 amide bonds. The summed E-state index contributed by atoms with van der Waals surface area (Å²) >= 11 is 0. The van der Waals surface area contributed by atoms with E-state index in [0.717, 1.165) is 54.6 Å². The van der Waals surface area contributed by atoms with E-state index in [1.54, 1.807) is 0 Å². The van der Waals surface area contributed by atoms with Gasteiger partial charge in [-0.1, -0.05) is 53.9 Å². The summed E-state index contributed by atoms with van der Waals surface area (Å²) in [6.45, 7) is 13.5. The lowest BCUT2D eigenvalue weighted by Gasteiger charge is -2.47. The molecule has 1 aliphatic rings. The van der Waals surface area contributed by atoms with Crippen LogP contribution in [-0.2, 0) is 22.4 Å². The fraction of sp³-hybridized carbons (Fsp3) is 0.576. The molecule has 2 unspecified atom stereocenters.